The van der Waals surface area contributed by atoms with Crippen LogP contribution in [-0.4, -0.2) is 71.2 Å². The van der Waals surface area contributed by atoms with E-state index in [1.165, 1.54) is 0 Å². The number of rotatable bonds is 15. The smallest absolute Gasteiger partial charge is 0.326 e. The number of carboxylic acids is 1. The molecule has 0 radical (unpaired) electrons. The summed E-state index contributed by atoms with van der Waals surface area (Å²) in [5.41, 5.74) is 16.4. The monoisotopic (exact) mass is 489 g/mol. The van der Waals surface area contributed by atoms with Gasteiger partial charge in [-0.15, -0.1) is 0 Å². The number of nitrogens with zero attached hydrogens (tertiary/aromatic N) is 1. The normalized spacial score (nSPS) is 15.5. The first-order chi connectivity index (χ1) is 15.3. The van der Waals surface area contributed by atoms with Crippen molar-refractivity contribution in [1.29, 1.82) is 0 Å². The second kappa shape index (κ2) is 15.3. The molecule has 0 bridgehead atoms. The second-order valence-electron chi connectivity index (χ2n) is 8.24. The SMILES string of the molecule is CCC(C)C(NC(=O)C(CS)NC(=O)C(N)CCCN=C(N)N)C(=O)NC(C(=O)O)C(C)C. The van der Waals surface area contributed by atoms with Crippen LogP contribution in [0.25, 0.3) is 0 Å². The van der Waals surface area contributed by atoms with Gasteiger partial charge in [0.1, 0.15) is 18.1 Å². The summed E-state index contributed by atoms with van der Waals surface area (Å²) in [6.07, 6.45) is 1.32. The van der Waals surface area contributed by atoms with Gasteiger partial charge in [0, 0.05) is 12.3 Å². The van der Waals surface area contributed by atoms with E-state index in [1.807, 2.05) is 6.92 Å². The van der Waals surface area contributed by atoms with Crippen LogP contribution in [0.5, 0.6) is 0 Å². The van der Waals surface area contributed by atoms with Crippen LogP contribution in [0.1, 0.15) is 47.0 Å². The Hall–Kier alpha value is -2.54. The van der Waals surface area contributed by atoms with Crippen LogP contribution >= 0.6 is 12.6 Å². The van der Waals surface area contributed by atoms with Crippen LogP contribution in [-0.2, 0) is 19.2 Å². The molecule has 0 aromatic heterocycles. The zero-order valence-corrected chi connectivity index (χ0v) is 20.6. The number of aliphatic carboxylic acids is 1. The fourth-order valence-corrected chi connectivity index (χ4v) is 3.09. The Balaban J connectivity index is 5.17. The van der Waals surface area contributed by atoms with Crippen molar-refractivity contribution in [2.45, 2.75) is 71.1 Å². The molecule has 12 nitrogen and oxygen atoms in total. The number of nitrogens with one attached hydrogen (secondary N) is 3. The molecule has 0 saturated heterocycles. The lowest BCUT2D eigenvalue weighted by atomic mass is 9.96. The first kappa shape index (κ1) is 30.5. The number of thiol groups is 1. The molecule has 0 saturated carbocycles. The Morgan fingerprint density at radius 2 is 1.55 bits per heavy atom. The topological polar surface area (TPSA) is 215 Å². The molecule has 13 heteroatoms. The molecule has 0 aromatic carbocycles. The van der Waals surface area contributed by atoms with Gasteiger partial charge in [-0.1, -0.05) is 34.1 Å². The van der Waals surface area contributed by atoms with Crippen LogP contribution < -0.4 is 33.2 Å². The van der Waals surface area contributed by atoms with Gasteiger partial charge in [0.25, 0.3) is 0 Å². The number of guanidine groups is 1. The maximum absolute atomic E-state index is 12.8. The highest BCUT2D eigenvalue weighted by Crippen LogP contribution is 2.11. The fourth-order valence-electron chi connectivity index (χ4n) is 2.84. The number of hydrogen-bond acceptors (Lipinski definition) is 7. The second-order valence-corrected chi connectivity index (χ2v) is 8.60. The van der Waals surface area contributed by atoms with Crippen molar-refractivity contribution in [1.82, 2.24) is 16.0 Å². The van der Waals surface area contributed by atoms with Crippen LogP contribution in [0.4, 0.5) is 0 Å². The van der Waals surface area contributed by atoms with Gasteiger partial charge in [-0.2, -0.15) is 12.6 Å². The van der Waals surface area contributed by atoms with E-state index in [-0.39, 0.29) is 23.5 Å². The van der Waals surface area contributed by atoms with Crippen molar-refractivity contribution in [2.24, 2.45) is 34.0 Å². The van der Waals surface area contributed by atoms with Gasteiger partial charge in [-0.05, 0) is 24.7 Å². The van der Waals surface area contributed by atoms with Gasteiger partial charge in [0.15, 0.2) is 5.96 Å². The third-order valence-corrected chi connectivity index (χ3v) is 5.51. The van der Waals surface area contributed by atoms with E-state index in [0.717, 1.165) is 0 Å². The zero-order chi connectivity index (χ0) is 25.7. The number of aliphatic imine (C=N–C) groups is 1. The van der Waals surface area contributed by atoms with Crippen molar-refractivity contribution in [2.75, 3.05) is 12.3 Å². The number of amides is 3. The molecule has 10 N–H and O–H groups in total. The minimum Gasteiger partial charge on any atom is -0.480 e. The van der Waals surface area contributed by atoms with Crippen LogP contribution in [0, 0.1) is 11.8 Å². The molecule has 0 aromatic rings. The summed E-state index contributed by atoms with van der Waals surface area (Å²) in [6.45, 7) is 7.26. The number of carboxylic acid groups (broad SMARTS) is 1. The Morgan fingerprint density at radius 1 is 0.970 bits per heavy atom. The van der Waals surface area contributed by atoms with E-state index >= 15 is 0 Å². The number of carbonyl (C=O) groups is 4. The molecule has 0 fully saturated rings. The average Bonchev–Trinajstić information content (AvgIpc) is 2.74. The zero-order valence-electron chi connectivity index (χ0n) is 19.7. The van der Waals surface area contributed by atoms with E-state index in [0.29, 0.717) is 25.8 Å². The highest BCUT2D eigenvalue weighted by Gasteiger charge is 2.33. The molecule has 3 amide bonds. The third-order valence-electron chi connectivity index (χ3n) is 5.14. The minimum absolute atomic E-state index is 0.0309. The molecule has 0 spiro atoms. The van der Waals surface area contributed by atoms with Crippen LogP contribution in [0.3, 0.4) is 0 Å². The summed E-state index contributed by atoms with van der Waals surface area (Å²) >= 11 is 4.12. The quantitative estimate of drug-likeness (QED) is 0.0587. The molecule has 190 valence electrons. The molecule has 0 rings (SSSR count). The number of carbonyl (C=O) groups excluding carboxylic acids is 3. The lowest BCUT2D eigenvalue weighted by Crippen LogP contribution is -2.59. The molecule has 5 unspecified atom stereocenters. The predicted molar refractivity (Wildman–Crippen MR) is 129 cm³/mol. The lowest BCUT2D eigenvalue weighted by Gasteiger charge is -2.28. The number of hydrogen-bond donors (Lipinski definition) is 8. The van der Waals surface area contributed by atoms with Gasteiger partial charge in [0.05, 0.1) is 6.04 Å². The van der Waals surface area contributed by atoms with Gasteiger partial charge >= 0.3 is 5.97 Å². The van der Waals surface area contributed by atoms with Crippen molar-refractivity contribution in [3.63, 3.8) is 0 Å². The van der Waals surface area contributed by atoms with Crippen LogP contribution in [0.2, 0.25) is 0 Å². The molecular weight excluding hydrogens is 450 g/mol. The van der Waals surface area contributed by atoms with E-state index in [2.05, 4.69) is 33.6 Å². The molecule has 0 heterocycles. The first-order valence-electron chi connectivity index (χ1n) is 10.9. The molecular formula is C20H39N7O5S. The molecule has 0 aliphatic rings. The van der Waals surface area contributed by atoms with Crippen molar-refractivity contribution >= 4 is 42.3 Å². The summed E-state index contributed by atoms with van der Waals surface area (Å²) in [6, 6.07) is -4.01. The highest BCUT2D eigenvalue weighted by molar-refractivity contribution is 7.80. The summed E-state index contributed by atoms with van der Waals surface area (Å²) in [7, 11) is 0. The molecule has 33 heavy (non-hydrogen) atoms. The largest absolute Gasteiger partial charge is 0.480 e. The highest BCUT2D eigenvalue weighted by atomic mass is 32.1. The Bertz CT molecular complexity index is 700. The Kier molecular flexibility index (Phi) is 14.1. The average molecular weight is 490 g/mol. The predicted octanol–water partition coefficient (Wildman–Crippen LogP) is -1.46. The van der Waals surface area contributed by atoms with Gasteiger partial charge < -0.3 is 38.3 Å². The van der Waals surface area contributed by atoms with Crippen molar-refractivity contribution < 1.29 is 24.3 Å². The summed E-state index contributed by atoms with van der Waals surface area (Å²) < 4.78 is 0. The molecule has 0 aliphatic heterocycles. The standard InChI is InChI=1S/C20H39N7O5S/c1-5-11(4)15(18(30)26-14(10(2)3)19(31)32)27-17(29)13(9-33)25-16(28)12(21)7-6-8-24-20(22)23/h10-15,33H,5-9,21H2,1-4H3,(H,25,28)(H,26,30)(H,27,29)(H,31,32)(H4,22,23,24). The fraction of sp³-hybridized carbons (Fsp3) is 0.750. The maximum atomic E-state index is 12.8. The Morgan fingerprint density at radius 3 is 2.00 bits per heavy atom. The van der Waals surface area contributed by atoms with Crippen molar-refractivity contribution in [3.05, 3.63) is 0 Å². The molecule has 5 atom stereocenters. The van der Waals surface area contributed by atoms with Gasteiger partial charge in [-0.3, -0.25) is 19.4 Å². The van der Waals surface area contributed by atoms with E-state index in [9.17, 15) is 24.3 Å². The summed E-state index contributed by atoms with van der Waals surface area (Å²) in [4.78, 5) is 53.2. The van der Waals surface area contributed by atoms with E-state index in [4.69, 9.17) is 17.2 Å². The Labute approximate surface area is 200 Å². The lowest BCUT2D eigenvalue weighted by molar-refractivity contribution is -0.144. The third kappa shape index (κ3) is 11.2. The van der Waals surface area contributed by atoms with Crippen LogP contribution in [0.15, 0.2) is 4.99 Å². The van der Waals surface area contributed by atoms with Crippen molar-refractivity contribution in [3.8, 4) is 0 Å². The van der Waals surface area contributed by atoms with E-state index in [1.54, 1.807) is 20.8 Å². The first-order valence-corrected chi connectivity index (χ1v) is 11.5. The number of nitrogens with two attached hydrogens (primary N) is 3. The van der Waals surface area contributed by atoms with Gasteiger partial charge in [-0.25, -0.2) is 4.79 Å². The van der Waals surface area contributed by atoms with Gasteiger partial charge in [0.2, 0.25) is 17.7 Å². The summed E-state index contributed by atoms with van der Waals surface area (Å²) in [5.74, 6) is -3.67. The maximum Gasteiger partial charge on any atom is 0.326 e. The minimum atomic E-state index is -1.16. The summed E-state index contributed by atoms with van der Waals surface area (Å²) in [5, 5.41) is 17.0. The van der Waals surface area contributed by atoms with E-state index < -0.39 is 47.9 Å². The molecule has 0 aliphatic carbocycles.